The minimum atomic E-state index is -0.837. The fourth-order valence-corrected chi connectivity index (χ4v) is 0.589. The van der Waals surface area contributed by atoms with E-state index in [4.69, 9.17) is 10.8 Å². The van der Waals surface area contributed by atoms with Gasteiger partial charge in [-0.05, 0) is 6.42 Å². The monoisotopic (exact) mass is 130 g/mol. The van der Waals surface area contributed by atoms with Crippen molar-refractivity contribution in [2.45, 2.75) is 25.3 Å². The fraction of sp³-hybridized carbons (Fsp3) is 0.667. The van der Waals surface area contributed by atoms with Gasteiger partial charge in [0.15, 0.2) is 0 Å². The van der Waals surface area contributed by atoms with Gasteiger partial charge in [-0.15, -0.1) is 0 Å². The van der Waals surface area contributed by atoms with Gasteiger partial charge in [-0.25, -0.2) is 0 Å². The van der Waals surface area contributed by atoms with Gasteiger partial charge in [0.2, 0.25) is 0 Å². The van der Waals surface area contributed by atoms with Crippen LogP contribution >= 0.6 is 0 Å². The third-order valence-corrected chi connectivity index (χ3v) is 1.01. The van der Waals surface area contributed by atoms with E-state index in [2.05, 4.69) is 6.92 Å². The van der Waals surface area contributed by atoms with Crippen molar-refractivity contribution in [3.05, 3.63) is 6.92 Å². The van der Waals surface area contributed by atoms with Gasteiger partial charge >= 0.3 is 5.97 Å². The highest BCUT2D eigenvalue weighted by molar-refractivity contribution is 5.67. The predicted octanol–water partition coefficient (Wildman–Crippen LogP) is 0.403. The second-order valence-corrected chi connectivity index (χ2v) is 2.00. The molecule has 0 amide bonds. The van der Waals surface area contributed by atoms with Crippen LogP contribution in [0.4, 0.5) is 0 Å². The number of hydrogen-bond donors (Lipinski definition) is 2. The Hall–Kier alpha value is -0.570. The van der Waals surface area contributed by atoms with Crippen molar-refractivity contribution in [3.63, 3.8) is 0 Å². The lowest BCUT2D eigenvalue weighted by molar-refractivity contribution is -0.137. The second-order valence-electron chi connectivity index (χ2n) is 2.00. The van der Waals surface area contributed by atoms with E-state index in [9.17, 15) is 4.79 Å². The van der Waals surface area contributed by atoms with Crippen LogP contribution in [0.2, 0.25) is 0 Å². The molecule has 0 aliphatic carbocycles. The summed E-state index contributed by atoms with van der Waals surface area (Å²) in [5, 5.41) is 8.21. The van der Waals surface area contributed by atoms with E-state index in [0.717, 1.165) is 0 Å². The summed E-state index contributed by atoms with van der Waals surface area (Å²) in [6, 6.07) is -0.222. The highest BCUT2D eigenvalue weighted by atomic mass is 16.4. The topological polar surface area (TPSA) is 63.3 Å². The van der Waals surface area contributed by atoms with Crippen molar-refractivity contribution in [3.8, 4) is 0 Å². The summed E-state index contributed by atoms with van der Waals surface area (Å²) in [6.07, 6.45) is 1.44. The minimum Gasteiger partial charge on any atom is -0.481 e. The molecular formula is C6H12NO2. The zero-order chi connectivity index (χ0) is 7.28. The average Bonchev–Trinajstić information content (AvgIpc) is 1.63. The number of nitrogens with two attached hydrogens (primary N) is 1. The van der Waals surface area contributed by atoms with Crippen molar-refractivity contribution in [1.82, 2.24) is 0 Å². The largest absolute Gasteiger partial charge is 0.481 e. The van der Waals surface area contributed by atoms with Crippen LogP contribution in [0.15, 0.2) is 0 Å². The molecule has 1 radical (unpaired) electrons. The third-order valence-electron chi connectivity index (χ3n) is 1.01. The molecule has 0 aromatic rings. The first-order valence-electron chi connectivity index (χ1n) is 2.93. The van der Waals surface area contributed by atoms with Gasteiger partial charge in [0.1, 0.15) is 0 Å². The van der Waals surface area contributed by atoms with Gasteiger partial charge in [-0.3, -0.25) is 4.79 Å². The molecule has 3 N–H and O–H groups in total. The SMILES string of the molecule is [CH2]CCC(N)CC(=O)O. The zero-order valence-electron chi connectivity index (χ0n) is 5.34. The van der Waals surface area contributed by atoms with E-state index in [1.165, 1.54) is 0 Å². The van der Waals surface area contributed by atoms with Crippen LogP contribution in [0, 0.1) is 6.92 Å². The molecule has 0 aliphatic rings. The molecule has 1 atom stereocenters. The van der Waals surface area contributed by atoms with Gasteiger partial charge in [0.05, 0.1) is 6.42 Å². The summed E-state index contributed by atoms with van der Waals surface area (Å²) in [7, 11) is 0. The van der Waals surface area contributed by atoms with Crippen molar-refractivity contribution in [2.75, 3.05) is 0 Å². The fourth-order valence-electron chi connectivity index (χ4n) is 0.589. The summed E-state index contributed by atoms with van der Waals surface area (Å²) >= 11 is 0. The third kappa shape index (κ3) is 5.30. The van der Waals surface area contributed by atoms with Crippen molar-refractivity contribution < 1.29 is 9.90 Å². The van der Waals surface area contributed by atoms with Crippen molar-refractivity contribution >= 4 is 5.97 Å². The predicted molar refractivity (Wildman–Crippen MR) is 34.8 cm³/mol. The van der Waals surface area contributed by atoms with Crippen molar-refractivity contribution in [2.24, 2.45) is 5.73 Å². The molecule has 53 valence electrons. The van der Waals surface area contributed by atoms with Crippen LogP contribution in [-0.2, 0) is 4.79 Å². The molecule has 0 aromatic carbocycles. The number of carbonyl (C=O) groups is 1. The maximum atomic E-state index is 9.98. The molecule has 9 heavy (non-hydrogen) atoms. The average molecular weight is 130 g/mol. The van der Waals surface area contributed by atoms with E-state index >= 15 is 0 Å². The van der Waals surface area contributed by atoms with Gasteiger partial charge < -0.3 is 10.8 Å². The quantitative estimate of drug-likeness (QED) is 0.579. The Labute approximate surface area is 54.9 Å². The van der Waals surface area contributed by atoms with Crippen LogP contribution in [0.5, 0.6) is 0 Å². The van der Waals surface area contributed by atoms with E-state index in [1.807, 2.05) is 0 Å². The van der Waals surface area contributed by atoms with Crippen molar-refractivity contribution in [1.29, 1.82) is 0 Å². The Bertz CT molecular complexity index is 93.1. The standard InChI is InChI=1S/C6H12NO2/c1-2-3-5(7)4-6(8)9/h5H,1-4,7H2,(H,8,9). The molecule has 0 saturated carbocycles. The first kappa shape index (κ1) is 8.43. The summed E-state index contributed by atoms with van der Waals surface area (Å²) in [5.74, 6) is -0.837. The van der Waals surface area contributed by atoms with Gasteiger partial charge in [-0.2, -0.15) is 0 Å². The molecule has 3 nitrogen and oxygen atoms in total. The van der Waals surface area contributed by atoms with Crippen LogP contribution in [-0.4, -0.2) is 17.1 Å². The van der Waals surface area contributed by atoms with Crippen LogP contribution < -0.4 is 5.73 Å². The molecule has 0 heterocycles. The van der Waals surface area contributed by atoms with Gasteiger partial charge in [0.25, 0.3) is 0 Å². The molecule has 0 bridgehead atoms. The van der Waals surface area contributed by atoms with Gasteiger partial charge in [0, 0.05) is 6.04 Å². The number of hydrogen-bond acceptors (Lipinski definition) is 2. The number of carboxylic acids is 1. The highest BCUT2D eigenvalue weighted by Crippen LogP contribution is 1.96. The van der Waals surface area contributed by atoms with E-state index in [-0.39, 0.29) is 12.5 Å². The number of aliphatic carboxylic acids is 1. The molecule has 0 aromatic heterocycles. The van der Waals surface area contributed by atoms with Crippen LogP contribution in [0.25, 0.3) is 0 Å². The Kier molecular flexibility index (Phi) is 4.05. The van der Waals surface area contributed by atoms with E-state index in [0.29, 0.717) is 12.8 Å². The summed E-state index contributed by atoms with van der Waals surface area (Å²) in [6.45, 7) is 3.56. The molecular weight excluding hydrogens is 118 g/mol. The molecule has 0 fully saturated rings. The lowest BCUT2D eigenvalue weighted by atomic mass is 10.1. The highest BCUT2D eigenvalue weighted by Gasteiger charge is 2.04. The Morgan fingerprint density at radius 3 is 2.67 bits per heavy atom. The number of rotatable bonds is 4. The smallest absolute Gasteiger partial charge is 0.304 e. The molecule has 0 spiro atoms. The molecule has 3 heteroatoms. The maximum absolute atomic E-state index is 9.98. The number of carboxylic acid groups (broad SMARTS) is 1. The molecule has 0 saturated heterocycles. The lowest BCUT2D eigenvalue weighted by Crippen LogP contribution is -2.23. The summed E-state index contributed by atoms with van der Waals surface area (Å²) < 4.78 is 0. The Morgan fingerprint density at radius 2 is 2.33 bits per heavy atom. The summed E-state index contributed by atoms with van der Waals surface area (Å²) in [4.78, 5) is 9.98. The lowest BCUT2D eigenvalue weighted by Gasteiger charge is -2.04. The van der Waals surface area contributed by atoms with Crippen LogP contribution in [0.3, 0.4) is 0 Å². The maximum Gasteiger partial charge on any atom is 0.304 e. The molecule has 0 aliphatic heterocycles. The Morgan fingerprint density at radius 1 is 1.78 bits per heavy atom. The molecule has 1 unspecified atom stereocenters. The molecule has 0 rings (SSSR count). The first-order chi connectivity index (χ1) is 4.16. The normalized spacial score (nSPS) is 13.1. The summed E-state index contributed by atoms with van der Waals surface area (Å²) in [5.41, 5.74) is 5.36. The zero-order valence-corrected chi connectivity index (χ0v) is 5.34. The van der Waals surface area contributed by atoms with Crippen LogP contribution in [0.1, 0.15) is 19.3 Å². The second kappa shape index (κ2) is 4.32. The van der Waals surface area contributed by atoms with E-state index < -0.39 is 5.97 Å². The minimum absolute atomic E-state index is 0.0511. The first-order valence-corrected chi connectivity index (χ1v) is 2.93. The Balaban J connectivity index is 3.26. The van der Waals surface area contributed by atoms with E-state index in [1.54, 1.807) is 0 Å². The van der Waals surface area contributed by atoms with Gasteiger partial charge in [-0.1, -0.05) is 13.3 Å².